The Morgan fingerprint density at radius 2 is 2.21 bits per heavy atom. The number of hydrogen-bond acceptors (Lipinski definition) is 5. The number of carboxylic acids is 1. The minimum atomic E-state index is -0.990. The quantitative estimate of drug-likeness (QED) is 0.857. The molecule has 0 aliphatic rings. The first-order valence-electron chi connectivity index (χ1n) is 5.74. The van der Waals surface area contributed by atoms with Crippen LogP contribution in [0.3, 0.4) is 0 Å². The highest BCUT2D eigenvalue weighted by atomic mass is 16.5. The summed E-state index contributed by atoms with van der Waals surface area (Å²) in [4.78, 5) is 19.0. The Hall–Kier alpha value is -2.63. The fourth-order valence-electron chi connectivity index (χ4n) is 1.47. The van der Waals surface area contributed by atoms with Gasteiger partial charge in [-0.3, -0.25) is 0 Å². The summed E-state index contributed by atoms with van der Waals surface area (Å²) in [6, 6.07) is 6.41. The van der Waals surface area contributed by atoms with Gasteiger partial charge < -0.3 is 15.2 Å². The number of aromatic carboxylic acids is 1. The molecule has 0 saturated heterocycles. The minimum absolute atomic E-state index is 0.177. The van der Waals surface area contributed by atoms with E-state index in [0.717, 1.165) is 0 Å². The van der Waals surface area contributed by atoms with Gasteiger partial charge in [0.1, 0.15) is 5.82 Å². The first kappa shape index (κ1) is 12.8. The molecule has 0 spiro atoms. The van der Waals surface area contributed by atoms with Gasteiger partial charge in [0, 0.05) is 12.3 Å². The lowest BCUT2D eigenvalue weighted by Crippen LogP contribution is -2.00. The normalized spacial score (nSPS) is 9.95. The Labute approximate surface area is 110 Å². The number of anilines is 2. The lowest BCUT2D eigenvalue weighted by molar-refractivity contribution is 0.0697. The summed E-state index contributed by atoms with van der Waals surface area (Å²) in [5.74, 6) is 0.00132. The molecule has 98 valence electrons. The van der Waals surface area contributed by atoms with E-state index in [4.69, 9.17) is 9.84 Å². The summed E-state index contributed by atoms with van der Waals surface area (Å²) in [5.41, 5.74) is 0.884. The summed E-state index contributed by atoms with van der Waals surface area (Å²) >= 11 is 0. The number of nitrogens with zero attached hydrogens (tertiary/aromatic N) is 2. The number of hydrogen-bond donors (Lipinski definition) is 2. The van der Waals surface area contributed by atoms with E-state index >= 15 is 0 Å². The van der Waals surface area contributed by atoms with Crippen molar-refractivity contribution in [3.8, 4) is 5.88 Å². The van der Waals surface area contributed by atoms with Gasteiger partial charge in [-0.1, -0.05) is 0 Å². The van der Waals surface area contributed by atoms with Gasteiger partial charge in [0.2, 0.25) is 5.88 Å². The Kier molecular flexibility index (Phi) is 3.92. The lowest BCUT2D eigenvalue weighted by atomic mass is 10.2. The maximum Gasteiger partial charge on any atom is 0.335 e. The molecular weight excluding hydrogens is 246 g/mol. The van der Waals surface area contributed by atoms with Crippen molar-refractivity contribution in [2.45, 2.75) is 6.92 Å². The number of rotatable bonds is 5. The highest BCUT2D eigenvalue weighted by Gasteiger charge is 2.04. The minimum Gasteiger partial charge on any atom is -0.478 e. The highest BCUT2D eigenvalue weighted by Crippen LogP contribution is 2.16. The Morgan fingerprint density at radius 1 is 1.37 bits per heavy atom. The van der Waals surface area contributed by atoms with Gasteiger partial charge in [0.15, 0.2) is 0 Å². The first-order chi connectivity index (χ1) is 9.19. The molecule has 2 aromatic rings. The fraction of sp³-hybridized carbons (Fsp3) is 0.154. The van der Waals surface area contributed by atoms with Gasteiger partial charge in [0.25, 0.3) is 0 Å². The molecule has 2 rings (SSSR count). The van der Waals surface area contributed by atoms with E-state index in [1.54, 1.807) is 18.3 Å². The van der Waals surface area contributed by atoms with Crippen LogP contribution in [0.1, 0.15) is 17.3 Å². The Bertz CT molecular complexity index is 570. The Morgan fingerprint density at radius 3 is 2.84 bits per heavy atom. The third kappa shape index (κ3) is 3.41. The van der Waals surface area contributed by atoms with E-state index in [1.165, 1.54) is 18.3 Å². The van der Waals surface area contributed by atoms with E-state index < -0.39 is 5.97 Å². The second-order valence-electron chi connectivity index (χ2n) is 3.68. The number of pyridine rings is 2. The molecule has 0 amide bonds. The largest absolute Gasteiger partial charge is 0.478 e. The molecule has 0 unspecified atom stereocenters. The van der Waals surface area contributed by atoms with Crippen LogP contribution in [0, 0.1) is 0 Å². The van der Waals surface area contributed by atoms with Gasteiger partial charge >= 0.3 is 5.97 Å². The van der Waals surface area contributed by atoms with Crippen molar-refractivity contribution in [3.63, 3.8) is 0 Å². The summed E-state index contributed by atoms with van der Waals surface area (Å²) in [5, 5.41) is 11.9. The summed E-state index contributed by atoms with van der Waals surface area (Å²) in [6.07, 6.45) is 3.04. The monoisotopic (exact) mass is 259 g/mol. The van der Waals surface area contributed by atoms with Crippen LogP contribution in [0.5, 0.6) is 5.88 Å². The second kappa shape index (κ2) is 5.81. The van der Waals surface area contributed by atoms with Gasteiger partial charge in [0.05, 0.1) is 24.1 Å². The van der Waals surface area contributed by atoms with Crippen molar-refractivity contribution in [2.75, 3.05) is 11.9 Å². The van der Waals surface area contributed by atoms with Gasteiger partial charge in [-0.2, -0.15) is 0 Å². The molecule has 2 N–H and O–H groups in total. The third-order valence-corrected chi connectivity index (χ3v) is 2.31. The predicted molar refractivity (Wildman–Crippen MR) is 69.9 cm³/mol. The SMILES string of the molecule is CCOc1ccc(Nc2cc(C(=O)O)ccn2)cn1. The van der Waals surface area contributed by atoms with Crippen LogP contribution in [0.25, 0.3) is 0 Å². The van der Waals surface area contributed by atoms with Gasteiger partial charge in [-0.25, -0.2) is 14.8 Å². The zero-order valence-corrected chi connectivity index (χ0v) is 10.3. The molecule has 6 heteroatoms. The molecule has 0 bridgehead atoms. The average Bonchev–Trinajstić information content (AvgIpc) is 2.42. The van der Waals surface area contributed by atoms with Crippen LogP contribution in [0.2, 0.25) is 0 Å². The van der Waals surface area contributed by atoms with E-state index in [9.17, 15) is 4.79 Å². The molecule has 2 heterocycles. The van der Waals surface area contributed by atoms with Crippen LogP contribution >= 0.6 is 0 Å². The number of ether oxygens (including phenoxy) is 1. The summed E-state index contributed by atoms with van der Waals surface area (Å²) in [6.45, 7) is 2.44. The molecule has 0 saturated carbocycles. The number of carbonyl (C=O) groups is 1. The zero-order chi connectivity index (χ0) is 13.7. The standard InChI is InChI=1S/C13H13N3O3/c1-2-19-12-4-3-10(8-15-12)16-11-7-9(13(17)18)5-6-14-11/h3-8H,2H2,1H3,(H,14,16)(H,17,18). The second-order valence-corrected chi connectivity index (χ2v) is 3.68. The predicted octanol–water partition coefficient (Wildman–Crippen LogP) is 2.32. The molecule has 2 aromatic heterocycles. The van der Waals surface area contributed by atoms with Crippen LogP contribution < -0.4 is 10.1 Å². The average molecular weight is 259 g/mol. The van der Waals surface area contributed by atoms with Crippen LogP contribution in [0.4, 0.5) is 11.5 Å². The molecule has 0 fully saturated rings. The highest BCUT2D eigenvalue weighted by molar-refractivity contribution is 5.88. The number of aromatic nitrogens is 2. The number of nitrogens with one attached hydrogen (secondary N) is 1. The maximum atomic E-state index is 10.8. The van der Waals surface area contributed by atoms with E-state index in [2.05, 4.69) is 15.3 Å². The van der Waals surface area contributed by atoms with Crippen molar-refractivity contribution < 1.29 is 14.6 Å². The molecule has 6 nitrogen and oxygen atoms in total. The molecule has 0 aliphatic heterocycles. The van der Waals surface area contributed by atoms with Crippen molar-refractivity contribution in [3.05, 3.63) is 42.2 Å². The fourth-order valence-corrected chi connectivity index (χ4v) is 1.47. The van der Waals surface area contributed by atoms with Gasteiger partial charge in [-0.15, -0.1) is 0 Å². The van der Waals surface area contributed by atoms with Crippen molar-refractivity contribution in [2.24, 2.45) is 0 Å². The van der Waals surface area contributed by atoms with Crippen molar-refractivity contribution >= 4 is 17.5 Å². The van der Waals surface area contributed by atoms with Crippen LogP contribution in [-0.2, 0) is 0 Å². The molecule has 0 aliphatic carbocycles. The molecule has 0 atom stereocenters. The summed E-state index contributed by atoms with van der Waals surface area (Å²) in [7, 11) is 0. The van der Waals surface area contributed by atoms with Crippen LogP contribution in [-0.4, -0.2) is 27.7 Å². The van der Waals surface area contributed by atoms with E-state index in [1.807, 2.05) is 6.92 Å². The zero-order valence-electron chi connectivity index (χ0n) is 10.3. The first-order valence-corrected chi connectivity index (χ1v) is 5.74. The topological polar surface area (TPSA) is 84.3 Å². The summed E-state index contributed by atoms with van der Waals surface area (Å²) < 4.78 is 5.23. The van der Waals surface area contributed by atoms with Crippen molar-refractivity contribution in [1.29, 1.82) is 0 Å². The number of carboxylic acid groups (broad SMARTS) is 1. The molecule has 19 heavy (non-hydrogen) atoms. The lowest BCUT2D eigenvalue weighted by Gasteiger charge is -2.07. The van der Waals surface area contributed by atoms with E-state index in [0.29, 0.717) is 24.0 Å². The van der Waals surface area contributed by atoms with Crippen LogP contribution in [0.15, 0.2) is 36.7 Å². The molecular formula is C13H13N3O3. The molecule has 0 radical (unpaired) electrons. The van der Waals surface area contributed by atoms with Crippen molar-refractivity contribution in [1.82, 2.24) is 9.97 Å². The Balaban J connectivity index is 2.12. The maximum absolute atomic E-state index is 10.8. The van der Waals surface area contributed by atoms with Gasteiger partial charge in [-0.05, 0) is 25.1 Å². The smallest absolute Gasteiger partial charge is 0.335 e. The third-order valence-electron chi connectivity index (χ3n) is 2.31. The molecule has 0 aromatic carbocycles. The van der Waals surface area contributed by atoms with E-state index in [-0.39, 0.29) is 5.56 Å².